The summed E-state index contributed by atoms with van der Waals surface area (Å²) in [5.41, 5.74) is 3.01. The van der Waals surface area contributed by atoms with E-state index >= 15 is 0 Å². The van der Waals surface area contributed by atoms with Crippen molar-refractivity contribution < 1.29 is 17.9 Å². The number of ether oxygens (including phenoxy) is 2. The Morgan fingerprint density at radius 1 is 1.09 bits per heavy atom. The lowest BCUT2D eigenvalue weighted by Crippen LogP contribution is -2.14. The number of anilines is 1. The van der Waals surface area contributed by atoms with E-state index in [2.05, 4.69) is 9.71 Å². The average Bonchev–Trinajstić information content (AvgIpc) is 3.01. The lowest BCUT2D eigenvalue weighted by atomic mass is 10.3. The Kier molecular flexibility index (Phi) is 4.10. The van der Waals surface area contributed by atoms with Crippen molar-refractivity contribution in [3.05, 3.63) is 41.9 Å². The molecule has 0 aliphatic rings. The van der Waals surface area contributed by atoms with Gasteiger partial charge in [-0.25, -0.2) is 13.4 Å². The predicted octanol–water partition coefficient (Wildman–Crippen LogP) is 3.11. The summed E-state index contributed by atoms with van der Waals surface area (Å²) >= 11 is 1.45. The van der Waals surface area contributed by atoms with Gasteiger partial charge < -0.3 is 9.47 Å². The quantitative estimate of drug-likeness (QED) is 0.765. The molecule has 23 heavy (non-hydrogen) atoms. The highest BCUT2D eigenvalue weighted by atomic mass is 32.2. The van der Waals surface area contributed by atoms with Gasteiger partial charge >= 0.3 is 0 Å². The number of sulfonamides is 1. The number of aromatic nitrogens is 1. The first-order valence-corrected chi connectivity index (χ1v) is 8.98. The van der Waals surface area contributed by atoms with Crippen LogP contribution in [-0.2, 0) is 10.0 Å². The second-order valence-electron chi connectivity index (χ2n) is 4.66. The summed E-state index contributed by atoms with van der Waals surface area (Å²) in [6, 6.07) is 9.81. The number of benzene rings is 2. The van der Waals surface area contributed by atoms with Gasteiger partial charge in [-0.2, -0.15) is 0 Å². The Labute approximate surface area is 137 Å². The molecule has 3 aromatic rings. The van der Waals surface area contributed by atoms with Gasteiger partial charge in [0.05, 0.1) is 35.6 Å². The van der Waals surface area contributed by atoms with Crippen LogP contribution in [0.15, 0.2) is 46.8 Å². The summed E-state index contributed by atoms with van der Waals surface area (Å²) in [5, 5.41) is 0. The van der Waals surface area contributed by atoms with Crippen molar-refractivity contribution in [1.82, 2.24) is 4.98 Å². The van der Waals surface area contributed by atoms with E-state index in [4.69, 9.17) is 9.47 Å². The van der Waals surface area contributed by atoms with E-state index in [9.17, 15) is 8.42 Å². The Bertz CT molecular complexity index is 951. The fourth-order valence-corrected chi connectivity index (χ4v) is 4.07. The smallest absolute Gasteiger partial charge is 0.265 e. The lowest BCUT2D eigenvalue weighted by Gasteiger charge is -2.12. The Morgan fingerprint density at radius 2 is 1.91 bits per heavy atom. The van der Waals surface area contributed by atoms with E-state index in [1.165, 1.54) is 31.6 Å². The Balaban J connectivity index is 2.00. The molecule has 0 aliphatic carbocycles. The van der Waals surface area contributed by atoms with Crippen LogP contribution >= 0.6 is 11.3 Å². The van der Waals surface area contributed by atoms with Crippen LogP contribution in [-0.4, -0.2) is 27.6 Å². The number of rotatable bonds is 5. The highest BCUT2D eigenvalue weighted by Crippen LogP contribution is 2.30. The minimum absolute atomic E-state index is 0.0174. The number of nitrogens with zero attached hydrogens (tertiary/aromatic N) is 1. The van der Waals surface area contributed by atoms with E-state index in [0.717, 1.165) is 10.2 Å². The molecule has 2 aromatic carbocycles. The van der Waals surface area contributed by atoms with E-state index in [0.29, 0.717) is 11.4 Å². The third-order valence-corrected chi connectivity index (χ3v) is 5.44. The Hall–Kier alpha value is -2.32. The number of hydrogen-bond donors (Lipinski definition) is 1. The molecule has 0 fully saturated rings. The predicted molar refractivity (Wildman–Crippen MR) is 90.0 cm³/mol. The first-order chi connectivity index (χ1) is 11.0. The topological polar surface area (TPSA) is 77.5 Å². The first-order valence-electron chi connectivity index (χ1n) is 6.61. The van der Waals surface area contributed by atoms with Crippen LogP contribution in [0.3, 0.4) is 0 Å². The SMILES string of the molecule is COc1ccc(OC)c(S(=O)(=O)Nc2ccc3ncsc3c2)c1. The highest BCUT2D eigenvalue weighted by Gasteiger charge is 2.21. The Morgan fingerprint density at radius 3 is 2.65 bits per heavy atom. The van der Waals surface area contributed by atoms with Crippen molar-refractivity contribution in [1.29, 1.82) is 0 Å². The lowest BCUT2D eigenvalue weighted by molar-refractivity contribution is 0.392. The van der Waals surface area contributed by atoms with Gasteiger partial charge in [0.1, 0.15) is 16.4 Å². The normalized spacial score (nSPS) is 11.4. The number of hydrogen-bond acceptors (Lipinski definition) is 6. The van der Waals surface area contributed by atoms with Crippen molar-refractivity contribution >= 4 is 37.3 Å². The van der Waals surface area contributed by atoms with Crippen LogP contribution in [0.2, 0.25) is 0 Å². The fourth-order valence-electron chi connectivity index (χ4n) is 2.12. The average molecular weight is 350 g/mol. The first kappa shape index (κ1) is 15.6. The van der Waals surface area contributed by atoms with Crippen LogP contribution in [0.25, 0.3) is 10.2 Å². The summed E-state index contributed by atoms with van der Waals surface area (Å²) in [5.74, 6) is 0.682. The largest absolute Gasteiger partial charge is 0.497 e. The van der Waals surface area contributed by atoms with Crippen LogP contribution < -0.4 is 14.2 Å². The zero-order valence-corrected chi connectivity index (χ0v) is 14.1. The van der Waals surface area contributed by atoms with Crippen LogP contribution in [0.1, 0.15) is 0 Å². The molecule has 3 rings (SSSR count). The molecular weight excluding hydrogens is 336 g/mol. The molecule has 0 radical (unpaired) electrons. The van der Waals surface area contributed by atoms with Gasteiger partial charge in [0, 0.05) is 6.07 Å². The van der Waals surface area contributed by atoms with Gasteiger partial charge in [0.2, 0.25) is 0 Å². The molecular formula is C15H14N2O4S2. The van der Waals surface area contributed by atoms with Crippen LogP contribution in [0.4, 0.5) is 5.69 Å². The van der Waals surface area contributed by atoms with Gasteiger partial charge in [0.25, 0.3) is 10.0 Å². The molecule has 0 aliphatic heterocycles. The minimum atomic E-state index is -3.81. The third kappa shape index (κ3) is 3.08. The molecule has 0 spiro atoms. The minimum Gasteiger partial charge on any atom is -0.497 e. The van der Waals surface area contributed by atoms with Gasteiger partial charge in [-0.1, -0.05) is 0 Å². The molecule has 0 bridgehead atoms. The highest BCUT2D eigenvalue weighted by molar-refractivity contribution is 7.92. The number of thiazole rings is 1. The molecule has 0 unspecified atom stereocenters. The van der Waals surface area contributed by atoms with Gasteiger partial charge in [-0.15, -0.1) is 11.3 Å². The summed E-state index contributed by atoms with van der Waals surface area (Å²) in [6.45, 7) is 0. The zero-order valence-electron chi connectivity index (χ0n) is 12.4. The number of nitrogens with one attached hydrogen (secondary N) is 1. The molecule has 0 saturated heterocycles. The van der Waals surface area contributed by atoms with Crippen molar-refractivity contribution in [2.45, 2.75) is 4.90 Å². The maximum absolute atomic E-state index is 12.7. The second-order valence-corrected chi connectivity index (χ2v) is 7.19. The number of fused-ring (bicyclic) bond motifs is 1. The second kappa shape index (κ2) is 6.05. The van der Waals surface area contributed by atoms with E-state index in [-0.39, 0.29) is 10.6 Å². The molecule has 6 nitrogen and oxygen atoms in total. The fraction of sp³-hybridized carbons (Fsp3) is 0.133. The van der Waals surface area contributed by atoms with E-state index in [1.54, 1.807) is 35.8 Å². The van der Waals surface area contributed by atoms with Crippen molar-refractivity contribution in [3.63, 3.8) is 0 Å². The van der Waals surface area contributed by atoms with E-state index < -0.39 is 10.0 Å². The molecule has 120 valence electrons. The van der Waals surface area contributed by atoms with Crippen molar-refractivity contribution in [2.24, 2.45) is 0 Å². The maximum atomic E-state index is 12.7. The van der Waals surface area contributed by atoms with Crippen LogP contribution in [0, 0.1) is 0 Å². The zero-order chi connectivity index (χ0) is 16.4. The summed E-state index contributed by atoms with van der Waals surface area (Å²) in [6.07, 6.45) is 0. The monoisotopic (exact) mass is 350 g/mol. The molecule has 0 saturated carbocycles. The number of methoxy groups -OCH3 is 2. The summed E-state index contributed by atoms with van der Waals surface area (Å²) in [7, 11) is -0.915. The van der Waals surface area contributed by atoms with Gasteiger partial charge in [0.15, 0.2) is 0 Å². The standard InChI is InChI=1S/C15H14N2O4S2/c1-20-11-4-6-13(21-2)15(8-11)23(18,19)17-10-3-5-12-14(7-10)22-9-16-12/h3-9,17H,1-2H3. The van der Waals surface area contributed by atoms with E-state index in [1.807, 2.05) is 0 Å². The molecule has 1 N–H and O–H groups in total. The molecule has 8 heteroatoms. The van der Waals surface area contributed by atoms with Crippen molar-refractivity contribution in [3.8, 4) is 11.5 Å². The maximum Gasteiger partial charge on any atom is 0.265 e. The molecule has 0 amide bonds. The molecule has 1 heterocycles. The summed E-state index contributed by atoms with van der Waals surface area (Å²) < 4.78 is 39.0. The van der Waals surface area contributed by atoms with Crippen LogP contribution in [0.5, 0.6) is 11.5 Å². The summed E-state index contributed by atoms with van der Waals surface area (Å²) in [4.78, 5) is 4.19. The molecule has 0 atom stereocenters. The van der Waals surface area contributed by atoms with Gasteiger partial charge in [-0.05, 0) is 30.3 Å². The van der Waals surface area contributed by atoms with Gasteiger partial charge in [-0.3, -0.25) is 4.72 Å². The molecule has 1 aromatic heterocycles. The van der Waals surface area contributed by atoms with Crippen molar-refractivity contribution in [2.75, 3.05) is 18.9 Å². The third-order valence-electron chi connectivity index (χ3n) is 3.24.